The topological polar surface area (TPSA) is 57.9 Å². The zero-order chi connectivity index (χ0) is 17.0. The van der Waals surface area contributed by atoms with Crippen LogP contribution in [-0.4, -0.2) is 76.9 Å². The highest BCUT2D eigenvalue weighted by Gasteiger charge is 2.36. The van der Waals surface area contributed by atoms with E-state index in [0.29, 0.717) is 39.3 Å². The molecule has 1 N–H and O–H groups in total. The molecule has 3 heterocycles. The molecule has 24 heavy (non-hydrogen) atoms. The first-order valence-corrected chi connectivity index (χ1v) is 8.96. The lowest BCUT2D eigenvalue weighted by molar-refractivity contribution is -0.134. The number of amides is 1. The van der Waals surface area contributed by atoms with Crippen LogP contribution < -0.4 is 0 Å². The van der Waals surface area contributed by atoms with E-state index in [-0.39, 0.29) is 5.91 Å². The zero-order valence-electron chi connectivity index (χ0n) is 14.6. The molecule has 0 radical (unpaired) electrons. The Labute approximate surface area is 144 Å². The molecule has 1 unspecified atom stereocenters. The Hall–Kier alpha value is -1.37. The Morgan fingerprint density at radius 2 is 2.12 bits per heavy atom. The summed E-state index contributed by atoms with van der Waals surface area (Å²) in [6, 6.07) is 4.04. The predicted octanol–water partition coefficient (Wildman–Crippen LogP) is 0.643. The second kappa shape index (κ2) is 7.68. The van der Waals surface area contributed by atoms with Gasteiger partial charge in [-0.15, -0.1) is 0 Å². The molecular formula is C18H29N3O3. The summed E-state index contributed by atoms with van der Waals surface area (Å²) in [6.07, 6.45) is 5.57. The molecule has 3 rings (SSSR count). The van der Waals surface area contributed by atoms with Gasteiger partial charge in [-0.2, -0.15) is 0 Å². The maximum atomic E-state index is 12.6. The van der Waals surface area contributed by atoms with Crippen LogP contribution in [-0.2, 0) is 23.0 Å². The van der Waals surface area contributed by atoms with Gasteiger partial charge in [-0.05, 0) is 44.5 Å². The molecule has 6 nitrogen and oxygen atoms in total. The summed E-state index contributed by atoms with van der Waals surface area (Å²) in [4.78, 5) is 16.7. The highest BCUT2D eigenvalue weighted by Crippen LogP contribution is 2.18. The summed E-state index contributed by atoms with van der Waals surface area (Å²) in [7, 11) is 1.99. The van der Waals surface area contributed by atoms with Gasteiger partial charge in [-0.3, -0.25) is 4.79 Å². The van der Waals surface area contributed by atoms with Gasteiger partial charge in [0, 0.05) is 38.4 Å². The third-order valence-electron chi connectivity index (χ3n) is 5.08. The third-order valence-corrected chi connectivity index (χ3v) is 5.08. The molecule has 6 heteroatoms. The van der Waals surface area contributed by atoms with Crippen molar-refractivity contribution in [2.45, 2.75) is 31.3 Å². The van der Waals surface area contributed by atoms with Crippen LogP contribution in [0.15, 0.2) is 18.3 Å². The van der Waals surface area contributed by atoms with Crippen LogP contribution in [0.5, 0.6) is 0 Å². The van der Waals surface area contributed by atoms with E-state index in [1.807, 2.05) is 29.9 Å². The van der Waals surface area contributed by atoms with Crippen molar-refractivity contribution in [2.24, 2.45) is 7.05 Å². The van der Waals surface area contributed by atoms with Gasteiger partial charge in [0.2, 0.25) is 5.91 Å². The minimum Gasteiger partial charge on any atom is -0.384 e. The molecule has 2 fully saturated rings. The Bertz CT molecular complexity index is 553. The van der Waals surface area contributed by atoms with Crippen molar-refractivity contribution in [3.8, 4) is 0 Å². The van der Waals surface area contributed by atoms with E-state index in [2.05, 4.69) is 4.90 Å². The monoisotopic (exact) mass is 335 g/mol. The Morgan fingerprint density at radius 3 is 2.83 bits per heavy atom. The summed E-state index contributed by atoms with van der Waals surface area (Å²) in [6.45, 7) is 4.40. The molecule has 1 aromatic rings. The lowest BCUT2D eigenvalue weighted by atomic mass is 10.0. The van der Waals surface area contributed by atoms with Gasteiger partial charge in [0.15, 0.2) is 0 Å². The minimum absolute atomic E-state index is 0.0987. The molecule has 0 aromatic carbocycles. The molecule has 0 aliphatic carbocycles. The van der Waals surface area contributed by atoms with E-state index in [1.165, 1.54) is 12.8 Å². The molecular weight excluding hydrogens is 306 g/mol. The Kier molecular flexibility index (Phi) is 5.58. The highest BCUT2D eigenvalue weighted by molar-refractivity contribution is 5.76. The zero-order valence-corrected chi connectivity index (χ0v) is 14.6. The van der Waals surface area contributed by atoms with Gasteiger partial charge in [-0.25, -0.2) is 0 Å². The van der Waals surface area contributed by atoms with Crippen molar-refractivity contribution in [1.82, 2.24) is 14.4 Å². The Balaban J connectivity index is 1.57. The number of nitrogens with zero attached hydrogens (tertiary/aromatic N) is 3. The Morgan fingerprint density at radius 1 is 1.33 bits per heavy atom. The number of aliphatic hydroxyl groups is 1. The average molecular weight is 335 g/mol. The van der Waals surface area contributed by atoms with Crippen LogP contribution in [0.2, 0.25) is 0 Å². The van der Waals surface area contributed by atoms with Gasteiger partial charge in [0.1, 0.15) is 5.60 Å². The van der Waals surface area contributed by atoms with E-state index < -0.39 is 5.60 Å². The number of likely N-dealkylation sites (tertiary alicyclic amines) is 1. The van der Waals surface area contributed by atoms with Gasteiger partial charge in [-0.1, -0.05) is 0 Å². The number of aryl methyl sites for hydroxylation is 2. The van der Waals surface area contributed by atoms with E-state index in [0.717, 1.165) is 25.2 Å². The van der Waals surface area contributed by atoms with Gasteiger partial charge < -0.3 is 24.2 Å². The van der Waals surface area contributed by atoms with Gasteiger partial charge >= 0.3 is 0 Å². The van der Waals surface area contributed by atoms with E-state index >= 15 is 0 Å². The lowest BCUT2D eigenvalue weighted by Crippen LogP contribution is -2.53. The van der Waals surface area contributed by atoms with Crippen molar-refractivity contribution in [3.63, 3.8) is 0 Å². The fraction of sp³-hybridized carbons (Fsp3) is 0.722. The number of carbonyl (C=O) groups excluding carboxylic acids is 1. The second-order valence-electron chi connectivity index (χ2n) is 7.19. The lowest BCUT2D eigenvalue weighted by Gasteiger charge is -2.34. The molecule has 2 aliphatic rings. The second-order valence-corrected chi connectivity index (χ2v) is 7.19. The molecule has 2 aliphatic heterocycles. The van der Waals surface area contributed by atoms with Crippen molar-refractivity contribution in [2.75, 3.05) is 45.9 Å². The van der Waals surface area contributed by atoms with Crippen molar-refractivity contribution in [1.29, 1.82) is 0 Å². The first-order valence-electron chi connectivity index (χ1n) is 8.96. The van der Waals surface area contributed by atoms with Crippen molar-refractivity contribution < 1.29 is 14.6 Å². The van der Waals surface area contributed by atoms with Crippen LogP contribution in [0.4, 0.5) is 0 Å². The number of β-amino-alcohol motifs (C(OH)–C–C–N with tert-alkyl or cyclic N) is 1. The molecule has 0 spiro atoms. The molecule has 0 saturated carbocycles. The SMILES string of the molecule is Cn1cccc1CCC(=O)N1CCOCC(O)(CN2CCCC2)C1. The molecule has 1 amide bonds. The summed E-state index contributed by atoms with van der Waals surface area (Å²) < 4.78 is 7.64. The van der Waals surface area contributed by atoms with Crippen LogP contribution in [0.25, 0.3) is 0 Å². The molecule has 1 aromatic heterocycles. The van der Waals surface area contributed by atoms with Crippen LogP contribution in [0.3, 0.4) is 0 Å². The molecule has 2 saturated heterocycles. The summed E-state index contributed by atoms with van der Waals surface area (Å²) in [5, 5.41) is 11.0. The van der Waals surface area contributed by atoms with Gasteiger partial charge in [0.25, 0.3) is 0 Å². The fourth-order valence-corrected chi connectivity index (χ4v) is 3.73. The summed E-state index contributed by atoms with van der Waals surface area (Å²) >= 11 is 0. The number of ether oxygens (including phenoxy) is 1. The maximum absolute atomic E-state index is 12.6. The number of hydrogen-bond donors (Lipinski definition) is 1. The number of rotatable bonds is 5. The van der Waals surface area contributed by atoms with E-state index in [4.69, 9.17) is 4.74 Å². The highest BCUT2D eigenvalue weighted by atomic mass is 16.5. The summed E-state index contributed by atoms with van der Waals surface area (Å²) in [5.41, 5.74) is 0.198. The molecule has 134 valence electrons. The standard InChI is InChI=1S/C18H29N3O3/c1-19-8-4-5-16(19)6-7-17(22)21-11-12-24-15-18(23,14-21)13-20-9-2-3-10-20/h4-5,8,23H,2-3,6-7,9-15H2,1H3. The largest absolute Gasteiger partial charge is 0.384 e. The predicted molar refractivity (Wildman–Crippen MR) is 91.8 cm³/mol. The first kappa shape index (κ1) is 17.5. The van der Waals surface area contributed by atoms with Crippen molar-refractivity contribution >= 4 is 5.91 Å². The fourth-order valence-electron chi connectivity index (χ4n) is 3.73. The summed E-state index contributed by atoms with van der Waals surface area (Å²) in [5.74, 6) is 0.0987. The van der Waals surface area contributed by atoms with E-state index in [1.54, 1.807) is 4.90 Å². The maximum Gasteiger partial charge on any atom is 0.223 e. The van der Waals surface area contributed by atoms with Crippen molar-refractivity contribution in [3.05, 3.63) is 24.0 Å². The number of hydrogen-bond acceptors (Lipinski definition) is 4. The first-order chi connectivity index (χ1) is 11.6. The van der Waals surface area contributed by atoms with Gasteiger partial charge in [0.05, 0.1) is 19.8 Å². The normalized spacial score (nSPS) is 25.8. The van der Waals surface area contributed by atoms with Crippen LogP contribution in [0, 0.1) is 0 Å². The number of carbonyl (C=O) groups is 1. The molecule has 0 bridgehead atoms. The number of aromatic nitrogens is 1. The van der Waals surface area contributed by atoms with Crippen LogP contribution in [0.1, 0.15) is 25.0 Å². The van der Waals surface area contributed by atoms with E-state index in [9.17, 15) is 9.90 Å². The van der Waals surface area contributed by atoms with Crippen LogP contribution >= 0.6 is 0 Å². The average Bonchev–Trinajstić information content (AvgIpc) is 3.15. The minimum atomic E-state index is -0.957. The quantitative estimate of drug-likeness (QED) is 0.858. The smallest absolute Gasteiger partial charge is 0.223 e. The molecule has 1 atom stereocenters. The third kappa shape index (κ3) is 4.37.